The minimum absolute atomic E-state index is 0.432. The molecule has 23 heavy (non-hydrogen) atoms. The predicted molar refractivity (Wildman–Crippen MR) is 103 cm³/mol. The van der Waals surface area contributed by atoms with Crippen molar-refractivity contribution >= 4 is 53.3 Å². The summed E-state index contributed by atoms with van der Waals surface area (Å²) in [6.45, 7) is 4.55. The van der Waals surface area contributed by atoms with Crippen molar-refractivity contribution in [3.8, 4) is 0 Å². The molecule has 0 saturated heterocycles. The van der Waals surface area contributed by atoms with Crippen molar-refractivity contribution in [1.29, 1.82) is 0 Å². The van der Waals surface area contributed by atoms with Crippen LogP contribution in [-0.4, -0.2) is 4.57 Å². The van der Waals surface area contributed by atoms with E-state index in [-0.39, 0.29) is 0 Å². The minimum atomic E-state index is 0.432. The van der Waals surface area contributed by atoms with Crippen LogP contribution in [0.3, 0.4) is 0 Å². The molecule has 0 amide bonds. The topological polar surface area (TPSA) is 4.93 Å². The maximum absolute atomic E-state index is 2.51. The van der Waals surface area contributed by atoms with Gasteiger partial charge < -0.3 is 4.57 Å². The van der Waals surface area contributed by atoms with E-state index in [4.69, 9.17) is 0 Å². The van der Waals surface area contributed by atoms with Gasteiger partial charge in [0.25, 0.3) is 0 Å². The first kappa shape index (κ1) is 13.1. The van der Waals surface area contributed by atoms with Gasteiger partial charge in [0, 0.05) is 42.5 Å². The number of benzene rings is 3. The Morgan fingerprint density at radius 2 is 1.48 bits per heavy atom. The molecule has 0 spiro atoms. The lowest BCUT2D eigenvalue weighted by Crippen LogP contribution is -1.99. The highest BCUT2D eigenvalue weighted by atomic mass is 32.1. The molecule has 0 fully saturated rings. The molecule has 3 aromatic carbocycles. The predicted octanol–water partition coefficient (Wildman–Crippen LogP) is 6.74. The summed E-state index contributed by atoms with van der Waals surface area (Å²) < 4.78 is 5.26. The Hall–Kier alpha value is -2.32. The van der Waals surface area contributed by atoms with Crippen LogP contribution in [0.1, 0.15) is 19.9 Å². The van der Waals surface area contributed by atoms with Gasteiger partial charge in [0.2, 0.25) is 0 Å². The summed E-state index contributed by atoms with van der Waals surface area (Å²) in [6.07, 6.45) is 0. The van der Waals surface area contributed by atoms with E-state index >= 15 is 0 Å². The van der Waals surface area contributed by atoms with Gasteiger partial charge in [0.15, 0.2) is 0 Å². The number of hydrogen-bond acceptors (Lipinski definition) is 1. The molecule has 2 aromatic heterocycles. The van der Waals surface area contributed by atoms with Crippen LogP contribution in [0.5, 0.6) is 0 Å². The normalized spacial score (nSPS) is 12.3. The average molecular weight is 315 g/mol. The zero-order valence-electron chi connectivity index (χ0n) is 13.2. The fraction of sp³-hybridized carbons (Fsp3) is 0.143. The number of fused-ring (bicyclic) bond motifs is 7. The number of hydrogen-bond donors (Lipinski definition) is 0. The van der Waals surface area contributed by atoms with Gasteiger partial charge in [-0.1, -0.05) is 42.5 Å². The first-order chi connectivity index (χ1) is 11.3. The van der Waals surface area contributed by atoms with E-state index in [1.807, 2.05) is 11.3 Å². The molecule has 0 aliphatic rings. The first-order valence-corrected chi connectivity index (χ1v) is 8.90. The fourth-order valence-electron chi connectivity index (χ4n) is 3.83. The quantitative estimate of drug-likeness (QED) is 0.323. The Balaban J connectivity index is 2.16. The third kappa shape index (κ3) is 1.67. The summed E-state index contributed by atoms with van der Waals surface area (Å²) in [5.41, 5.74) is 2.72. The van der Waals surface area contributed by atoms with Gasteiger partial charge in [0.05, 0.1) is 5.52 Å². The molecule has 112 valence electrons. The maximum atomic E-state index is 2.51. The van der Waals surface area contributed by atoms with E-state index in [1.54, 1.807) is 0 Å². The smallest absolute Gasteiger partial charge is 0.0588 e. The van der Waals surface area contributed by atoms with Crippen LogP contribution in [0, 0.1) is 0 Å². The number of rotatable bonds is 1. The van der Waals surface area contributed by atoms with Gasteiger partial charge in [0.1, 0.15) is 0 Å². The lowest BCUT2D eigenvalue weighted by Gasteiger charge is -2.12. The van der Waals surface area contributed by atoms with Crippen molar-refractivity contribution < 1.29 is 0 Å². The van der Waals surface area contributed by atoms with Gasteiger partial charge in [-0.3, -0.25) is 0 Å². The standard InChI is InChI=1S/C21H17NS/c1-13(2)22-17-9-5-3-7-14(17)15-11-12-19-20(21(15)22)16-8-4-6-10-18(16)23-19/h3-13H,1-2H3. The van der Waals surface area contributed by atoms with Crippen molar-refractivity contribution in [2.45, 2.75) is 19.9 Å². The molecule has 0 aliphatic carbocycles. The van der Waals surface area contributed by atoms with E-state index in [1.165, 1.54) is 42.0 Å². The van der Waals surface area contributed by atoms with E-state index in [0.29, 0.717) is 6.04 Å². The second-order valence-corrected chi connectivity index (χ2v) is 7.50. The lowest BCUT2D eigenvalue weighted by molar-refractivity contribution is 0.643. The lowest BCUT2D eigenvalue weighted by atomic mass is 10.1. The zero-order valence-corrected chi connectivity index (χ0v) is 14.0. The van der Waals surface area contributed by atoms with Crippen LogP contribution in [0.4, 0.5) is 0 Å². The van der Waals surface area contributed by atoms with Gasteiger partial charge >= 0.3 is 0 Å². The van der Waals surface area contributed by atoms with E-state index in [9.17, 15) is 0 Å². The summed E-state index contributed by atoms with van der Waals surface area (Å²) in [6, 6.07) is 22.6. The molecule has 0 bridgehead atoms. The van der Waals surface area contributed by atoms with Crippen LogP contribution >= 0.6 is 11.3 Å². The number of para-hydroxylation sites is 1. The van der Waals surface area contributed by atoms with E-state index in [0.717, 1.165) is 0 Å². The third-order valence-corrected chi connectivity index (χ3v) is 5.86. The summed E-state index contributed by atoms with van der Waals surface area (Å²) >= 11 is 1.89. The summed E-state index contributed by atoms with van der Waals surface area (Å²) in [5, 5.41) is 5.51. The maximum Gasteiger partial charge on any atom is 0.0588 e. The fourth-order valence-corrected chi connectivity index (χ4v) is 4.94. The van der Waals surface area contributed by atoms with E-state index < -0.39 is 0 Å². The third-order valence-electron chi connectivity index (χ3n) is 4.73. The highest BCUT2D eigenvalue weighted by Gasteiger charge is 2.17. The van der Waals surface area contributed by atoms with Gasteiger partial charge in [-0.2, -0.15) is 0 Å². The van der Waals surface area contributed by atoms with Crippen LogP contribution in [0.15, 0.2) is 60.7 Å². The number of aromatic nitrogens is 1. The van der Waals surface area contributed by atoms with Gasteiger partial charge in [-0.25, -0.2) is 0 Å². The van der Waals surface area contributed by atoms with Crippen LogP contribution < -0.4 is 0 Å². The molecule has 1 nitrogen and oxygen atoms in total. The van der Waals surface area contributed by atoms with Gasteiger partial charge in [-0.05, 0) is 32.0 Å². The molecule has 0 aliphatic heterocycles. The summed E-state index contributed by atoms with van der Waals surface area (Å²) in [7, 11) is 0. The van der Waals surface area contributed by atoms with Crippen molar-refractivity contribution in [2.24, 2.45) is 0 Å². The van der Waals surface area contributed by atoms with Crippen LogP contribution in [0.25, 0.3) is 42.0 Å². The SMILES string of the molecule is CC(C)n1c2ccccc2c2ccc3sc4ccccc4c3c21. The molecule has 0 N–H and O–H groups in total. The molecular formula is C21H17NS. The van der Waals surface area contributed by atoms with Crippen LogP contribution in [0.2, 0.25) is 0 Å². The Bertz CT molecular complexity index is 1190. The second kappa shape index (κ2) is 4.59. The highest BCUT2D eigenvalue weighted by molar-refractivity contribution is 7.26. The van der Waals surface area contributed by atoms with Crippen molar-refractivity contribution in [3.05, 3.63) is 60.7 Å². The summed E-state index contributed by atoms with van der Waals surface area (Å²) in [4.78, 5) is 0. The molecule has 0 radical (unpaired) electrons. The molecule has 0 unspecified atom stereocenters. The van der Waals surface area contributed by atoms with E-state index in [2.05, 4.69) is 79.1 Å². The monoisotopic (exact) mass is 315 g/mol. The number of thiophene rings is 1. The van der Waals surface area contributed by atoms with Crippen molar-refractivity contribution in [2.75, 3.05) is 0 Å². The highest BCUT2D eigenvalue weighted by Crippen LogP contribution is 2.42. The first-order valence-electron chi connectivity index (χ1n) is 8.08. The Morgan fingerprint density at radius 1 is 0.739 bits per heavy atom. The molecule has 0 atom stereocenters. The largest absolute Gasteiger partial charge is 0.337 e. The second-order valence-electron chi connectivity index (χ2n) is 6.41. The Kier molecular flexibility index (Phi) is 2.62. The number of nitrogens with zero attached hydrogens (tertiary/aromatic N) is 1. The van der Waals surface area contributed by atoms with Crippen molar-refractivity contribution in [3.63, 3.8) is 0 Å². The average Bonchev–Trinajstić information content (AvgIpc) is 3.10. The molecular weight excluding hydrogens is 298 g/mol. The van der Waals surface area contributed by atoms with Gasteiger partial charge in [-0.15, -0.1) is 11.3 Å². The molecule has 5 rings (SSSR count). The molecule has 0 saturated carbocycles. The van der Waals surface area contributed by atoms with Crippen LogP contribution in [-0.2, 0) is 0 Å². The minimum Gasteiger partial charge on any atom is -0.337 e. The zero-order chi connectivity index (χ0) is 15.6. The Labute approximate surface area is 138 Å². The molecule has 2 heterocycles. The Morgan fingerprint density at radius 3 is 2.30 bits per heavy atom. The molecule has 5 aromatic rings. The molecule has 2 heteroatoms. The summed E-state index contributed by atoms with van der Waals surface area (Å²) in [5.74, 6) is 0. The van der Waals surface area contributed by atoms with Crippen molar-refractivity contribution in [1.82, 2.24) is 4.57 Å².